The zero-order valence-electron chi connectivity index (χ0n) is 13.3. The minimum Gasteiger partial charge on any atom is -0.355 e. The van der Waals surface area contributed by atoms with Crippen LogP contribution < -0.4 is 10.6 Å². The molecule has 0 saturated carbocycles. The number of halogens is 1. The number of carbonyl (C=O) groups excluding carboxylic acids is 1. The first-order chi connectivity index (χ1) is 9.59. The molecule has 2 fully saturated rings. The summed E-state index contributed by atoms with van der Waals surface area (Å²) >= 11 is 2.08. The van der Waals surface area contributed by atoms with Crippen LogP contribution in [0.4, 0.5) is 0 Å². The second kappa shape index (κ2) is 9.23. The van der Waals surface area contributed by atoms with Crippen LogP contribution in [0.1, 0.15) is 33.1 Å². The fourth-order valence-electron chi connectivity index (χ4n) is 3.31. The van der Waals surface area contributed by atoms with E-state index in [0.29, 0.717) is 11.5 Å². The van der Waals surface area contributed by atoms with Gasteiger partial charge in [-0.25, -0.2) is 0 Å². The monoisotopic (exact) mass is 335 g/mol. The van der Waals surface area contributed by atoms with Crippen LogP contribution in [0.2, 0.25) is 0 Å². The molecule has 0 aromatic heterocycles. The molecular weight excluding hydrogens is 306 g/mol. The Morgan fingerprint density at radius 2 is 2.14 bits per heavy atom. The van der Waals surface area contributed by atoms with Crippen molar-refractivity contribution in [3.05, 3.63) is 0 Å². The average Bonchev–Trinajstić information content (AvgIpc) is 2.85. The maximum absolute atomic E-state index is 11.1. The Morgan fingerprint density at radius 1 is 1.43 bits per heavy atom. The average molecular weight is 336 g/mol. The number of hydrogen-bond donors (Lipinski definition) is 2. The van der Waals surface area contributed by atoms with Crippen LogP contribution in [0.15, 0.2) is 0 Å². The minimum absolute atomic E-state index is 0. The third-order valence-corrected chi connectivity index (χ3v) is 5.57. The Kier molecular flexibility index (Phi) is 8.39. The first-order valence-electron chi connectivity index (χ1n) is 7.86. The number of hydrogen-bond acceptors (Lipinski definition) is 4. The summed E-state index contributed by atoms with van der Waals surface area (Å²) in [7, 11) is 0. The predicted molar refractivity (Wildman–Crippen MR) is 93.4 cm³/mol. The van der Waals surface area contributed by atoms with E-state index in [1.165, 1.54) is 30.8 Å². The summed E-state index contributed by atoms with van der Waals surface area (Å²) < 4.78 is 0. The second-order valence-electron chi connectivity index (χ2n) is 6.53. The lowest BCUT2D eigenvalue weighted by Crippen LogP contribution is -2.47. The van der Waals surface area contributed by atoms with Gasteiger partial charge in [0.05, 0.1) is 0 Å². The van der Waals surface area contributed by atoms with Gasteiger partial charge in [-0.2, -0.15) is 11.8 Å². The number of amides is 1. The number of carbonyl (C=O) groups is 1. The Labute approximate surface area is 139 Å². The molecule has 1 atom stereocenters. The third-order valence-electron chi connectivity index (χ3n) is 4.52. The smallest absolute Gasteiger partial charge is 0.216 e. The molecule has 0 bridgehead atoms. The van der Waals surface area contributed by atoms with Crippen molar-refractivity contribution in [2.75, 3.05) is 44.2 Å². The quantitative estimate of drug-likeness (QED) is 0.776. The molecular formula is C15H30ClN3OS. The summed E-state index contributed by atoms with van der Waals surface area (Å²) in [5.41, 5.74) is 0.404. The van der Waals surface area contributed by atoms with Crippen molar-refractivity contribution in [3.63, 3.8) is 0 Å². The lowest BCUT2D eigenvalue weighted by Gasteiger charge is -2.39. The number of rotatable bonds is 6. The fourth-order valence-corrected chi connectivity index (χ4v) is 4.39. The first kappa shape index (κ1) is 19.1. The molecule has 2 rings (SSSR count). The van der Waals surface area contributed by atoms with Crippen molar-refractivity contribution in [2.45, 2.75) is 39.2 Å². The van der Waals surface area contributed by atoms with Crippen LogP contribution in [0.5, 0.6) is 0 Å². The maximum atomic E-state index is 11.1. The van der Waals surface area contributed by atoms with Crippen molar-refractivity contribution in [1.82, 2.24) is 15.5 Å². The van der Waals surface area contributed by atoms with Gasteiger partial charge in [0.1, 0.15) is 0 Å². The Hall–Kier alpha value is 0.0300. The second-order valence-corrected chi connectivity index (χ2v) is 7.76. The molecule has 0 aliphatic carbocycles. The molecule has 2 aliphatic heterocycles. The van der Waals surface area contributed by atoms with E-state index in [-0.39, 0.29) is 18.3 Å². The van der Waals surface area contributed by atoms with Gasteiger partial charge >= 0.3 is 0 Å². The van der Waals surface area contributed by atoms with Crippen LogP contribution in [-0.2, 0) is 4.79 Å². The summed E-state index contributed by atoms with van der Waals surface area (Å²) in [6.45, 7) is 9.21. The van der Waals surface area contributed by atoms with Crippen LogP contribution in [-0.4, -0.2) is 61.1 Å². The molecule has 1 unspecified atom stereocenters. The SMILES string of the molecule is CC(=O)NCCN(CC1(C)CCNC1)C1CCSCC1.Cl. The molecule has 0 aromatic carbocycles. The zero-order chi connectivity index (χ0) is 14.4. The molecule has 124 valence electrons. The van der Waals surface area contributed by atoms with Crippen LogP contribution in [0.25, 0.3) is 0 Å². The van der Waals surface area contributed by atoms with E-state index in [9.17, 15) is 4.79 Å². The van der Waals surface area contributed by atoms with Gasteiger partial charge in [0, 0.05) is 39.1 Å². The molecule has 6 heteroatoms. The molecule has 2 aliphatic rings. The zero-order valence-corrected chi connectivity index (χ0v) is 15.0. The number of thioether (sulfide) groups is 1. The summed E-state index contributed by atoms with van der Waals surface area (Å²) in [6.07, 6.45) is 3.87. The Morgan fingerprint density at radius 3 is 2.71 bits per heavy atom. The molecule has 2 N–H and O–H groups in total. The maximum Gasteiger partial charge on any atom is 0.216 e. The third kappa shape index (κ3) is 6.35. The fraction of sp³-hybridized carbons (Fsp3) is 0.933. The Balaban J connectivity index is 0.00000220. The molecule has 0 spiro atoms. The summed E-state index contributed by atoms with van der Waals surface area (Å²) in [6, 6.07) is 0.711. The first-order valence-corrected chi connectivity index (χ1v) is 9.01. The highest BCUT2D eigenvalue weighted by atomic mass is 35.5. The normalized spacial score (nSPS) is 26.6. The lowest BCUT2D eigenvalue weighted by molar-refractivity contribution is -0.119. The van der Waals surface area contributed by atoms with Gasteiger partial charge in [0.25, 0.3) is 0 Å². The lowest BCUT2D eigenvalue weighted by atomic mass is 9.88. The standard InChI is InChI=1S/C15H29N3OS.ClH/c1-13(19)17-7-8-18(14-3-9-20-10-4-14)12-15(2)5-6-16-11-15;/h14,16H,3-12H2,1-2H3,(H,17,19);1H. The molecule has 4 nitrogen and oxygen atoms in total. The van der Waals surface area contributed by atoms with Gasteiger partial charge in [-0.3, -0.25) is 9.69 Å². The van der Waals surface area contributed by atoms with Crippen molar-refractivity contribution in [2.24, 2.45) is 5.41 Å². The van der Waals surface area contributed by atoms with Crippen molar-refractivity contribution in [1.29, 1.82) is 0 Å². The highest BCUT2D eigenvalue weighted by Gasteiger charge is 2.33. The summed E-state index contributed by atoms with van der Waals surface area (Å²) in [5.74, 6) is 2.66. The summed E-state index contributed by atoms with van der Waals surface area (Å²) in [5, 5.41) is 6.45. The molecule has 2 heterocycles. The van der Waals surface area contributed by atoms with Crippen LogP contribution >= 0.6 is 24.2 Å². The van der Waals surface area contributed by atoms with E-state index in [4.69, 9.17) is 0 Å². The highest BCUT2D eigenvalue weighted by Crippen LogP contribution is 2.29. The van der Waals surface area contributed by atoms with Crippen molar-refractivity contribution >= 4 is 30.1 Å². The van der Waals surface area contributed by atoms with E-state index in [2.05, 4.69) is 34.2 Å². The van der Waals surface area contributed by atoms with Crippen LogP contribution in [0.3, 0.4) is 0 Å². The van der Waals surface area contributed by atoms with Gasteiger partial charge in [0.15, 0.2) is 0 Å². The van der Waals surface area contributed by atoms with Gasteiger partial charge in [0.2, 0.25) is 5.91 Å². The van der Waals surface area contributed by atoms with Gasteiger partial charge < -0.3 is 10.6 Å². The summed E-state index contributed by atoms with van der Waals surface area (Å²) in [4.78, 5) is 13.7. The largest absolute Gasteiger partial charge is 0.355 e. The molecule has 2 saturated heterocycles. The van der Waals surface area contributed by atoms with Crippen molar-refractivity contribution in [3.8, 4) is 0 Å². The molecule has 0 aromatic rings. The minimum atomic E-state index is 0. The van der Waals surface area contributed by atoms with E-state index >= 15 is 0 Å². The van der Waals surface area contributed by atoms with Gasteiger partial charge in [-0.1, -0.05) is 6.92 Å². The molecule has 0 radical (unpaired) electrons. The van der Waals surface area contributed by atoms with E-state index < -0.39 is 0 Å². The molecule has 21 heavy (non-hydrogen) atoms. The van der Waals surface area contributed by atoms with Crippen molar-refractivity contribution < 1.29 is 4.79 Å². The van der Waals surface area contributed by atoms with E-state index in [1.54, 1.807) is 6.92 Å². The topological polar surface area (TPSA) is 44.4 Å². The predicted octanol–water partition coefficient (Wildman–Crippen LogP) is 1.74. The van der Waals surface area contributed by atoms with Crippen LogP contribution in [0, 0.1) is 5.41 Å². The highest BCUT2D eigenvalue weighted by molar-refractivity contribution is 7.99. The Bertz CT molecular complexity index is 318. The van der Waals surface area contributed by atoms with Gasteiger partial charge in [-0.05, 0) is 42.7 Å². The van der Waals surface area contributed by atoms with E-state index in [0.717, 1.165) is 32.7 Å². The number of nitrogens with zero attached hydrogens (tertiary/aromatic N) is 1. The van der Waals surface area contributed by atoms with E-state index in [1.807, 2.05) is 0 Å². The molecule has 1 amide bonds. The van der Waals surface area contributed by atoms with Gasteiger partial charge in [-0.15, -0.1) is 12.4 Å². The number of nitrogens with one attached hydrogen (secondary N) is 2.